The van der Waals surface area contributed by atoms with Crippen LogP contribution in [-0.2, 0) is 4.74 Å². The minimum absolute atomic E-state index is 0.0722. The first-order chi connectivity index (χ1) is 11.5. The van der Waals surface area contributed by atoms with Gasteiger partial charge in [0.1, 0.15) is 0 Å². The molecule has 1 aliphatic carbocycles. The van der Waals surface area contributed by atoms with Crippen LogP contribution in [0.2, 0.25) is 10.0 Å². The molecule has 0 radical (unpaired) electrons. The first-order valence-corrected chi connectivity index (χ1v) is 8.60. The molecule has 1 unspecified atom stereocenters. The smallest absolute Gasteiger partial charge is 0.255 e. The average Bonchev–Trinajstić information content (AvgIpc) is 3.26. The molecule has 1 saturated carbocycles. The Morgan fingerprint density at radius 2 is 2.21 bits per heavy atom. The van der Waals surface area contributed by atoms with Crippen molar-refractivity contribution in [2.24, 2.45) is 0 Å². The number of hydrogen-bond acceptors (Lipinski definition) is 3. The van der Waals surface area contributed by atoms with Crippen LogP contribution in [0.4, 0.5) is 0 Å². The van der Waals surface area contributed by atoms with E-state index in [1.54, 1.807) is 30.1 Å². The van der Waals surface area contributed by atoms with Crippen molar-refractivity contribution in [3.8, 4) is 5.69 Å². The average molecular weight is 368 g/mol. The maximum absolute atomic E-state index is 12.6. The van der Waals surface area contributed by atoms with Crippen molar-refractivity contribution >= 4 is 29.1 Å². The first kappa shape index (κ1) is 17.3. The molecule has 0 aliphatic heterocycles. The normalized spacial score (nSPS) is 15.3. The van der Waals surface area contributed by atoms with Crippen molar-refractivity contribution in [1.82, 2.24) is 15.1 Å². The van der Waals surface area contributed by atoms with E-state index in [1.165, 1.54) is 0 Å². The van der Waals surface area contributed by atoms with E-state index in [2.05, 4.69) is 10.4 Å². The Balaban J connectivity index is 1.95. The molecule has 128 valence electrons. The fourth-order valence-electron chi connectivity index (χ4n) is 2.72. The number of rotatable bonds is 6. The van der Waals surface area contributed by atoms with Crippen molar-refractivity contribution in [2.75, 3.05) is 13.7 Å². The second-order valence-electron chi connectivity index (χ2n) is 6.06. The molecule has 1 heterocycles. The van der Waals surface area contributed by atoms with Gasteiger partial charge in [0.25, 0.3) is 5.91 Å². The highest BCUT2D eigenvalue weighted by Gasteiger charge is 2.33. The molecule has 1 aromatic heterocycles. The van der Waals surface area contributed by atoms with Gasteiger partial charge in [0, 0.05) is 24.1 Å². The van der Waals surface area contributed by atoms with Crippen molar-refractivity contribution in [2.45, 2.75) is 31.7 Å². The van der Waals surface area contributed by atoms with Crippen molar-refractivity contribution < 1.29 is 9.53 Å². The van der Waals surface area contributed by atoms with Crippen molar-refractivity contribution in [1.29, 1.82) is 0 Å². The Morgan fingerprint density at radius 1 is 1.46 bits per heavy atom. The lowest BCUT2D eigenvalue weighted by atomic mass is 10.1. The van der Waals surface area contributed by atoms with E-state index in [1.807, 2.05) is 13.0 Å². The molecule has 1 aliphatic rings. The Labute approximate surface area is 150 Å². The second kappa shape index (κ2) is 7.13. The van der Waals surface area contributed by atoms with E-state index in [-0.39, 0.29) is 11.9 Å². The van der Waals surface area contributed by atoms with Crippen LogP contribution in [0, 0.1) is 0 Å². The molecule has 1 N–H and O–H groups in total. The van der Waals surface area contributed by atoms with E-state index in [4.69, 9.17) is 27.9 Å². The van der Waals surface area contributed by atoms with Gasteiger partial charge in [-0.25, -0.2) is 4.68 Å². The molecule has 1 fully saturated rings. The van der Waals surface area contributed by atoms with Gasteiger partial charge in [0.15, 0.2) is 0 Å². The molecule has 7 heteroatoms. The van der Waals surface area contributed by atoms with Crippen LogP contribution >= 0.6 is 23.2 Å². The largest absolute Gasteiger partial charge is 0.383 e. The van der Waals surface area contributed by atoms with Crippen LogP contribution < -0.4 is 5.32 Å². The summed E-state index contributed by atoms with van der Waals surface area (Å²) >= 11 is 12.3. The lowest BCUT2D eigenvalue weighted by Crippen LogP contribution is -2.35. The van der Waals surface area contributed by atoms with Crippen LogP contribution in [0.15, 0.2) is 24.4 Å². The summed E-state index contributed by atoms with van der Waals surface area (Å²) < 4.78 is 6.82. The molecule has 0 saturated heterocycles. The summed E-state index contributed by atoms with van der Waals surface area (Å²) in [6.07, 6.45) is 3.70. The first-order valence-electron chi connectivity index (χ1n) is 7.84. The fourth-order valence-corrected chi connectivity index (χ4v) is 3.21. The van der Waals surface area contributed by atoms with Gasteiger partial charge in [0.05, 0.1) is 34.8 Å². The molecule has 2 aromatic rings. The minimum atomic E-state index is -0.141. The number of carbonyl (C=O) groups excluding carboxylic acids is 1. The Morgan fingerprint density at radius 3 is 2.83 bits per heavy atom. The van der Waals surface area contributed by atoms with Crippen LogP contribution in [0.25, 0.3) is 5.69 Å². The molecular formula is C17H19Cl2N3O2. The summed E-state index contributed by atoms with van der Waals surface area (Å²) in [6, 6.07) is 5.19. The highest BCUT2D eigenvalue weighted by atomic mass is 35.5. The minimum Gasteiger partial charge on any atom is -0.383 e. The topological polar surface area (TPSA) is 56.1 Å². The van der Waals surface area contributed by atoms with Gasteiger partial charge in [-0.2, -0.15) is 5.10 Å². The molecule has 3 rings (SSSR count). The number of ether oxygens (including phenoxy) is 1. The summed E-state index contributed by atoms with van der Waals surface area (Å²) in [7, 11) is 1.61. The van der Waals surface area contributed by atoms with Crippen LogP contribution in [0.1, 0.15) is 41.7 Å². The zero-order chi connectivity index (χ0) is 17.3. The van der Waals surface area contributed by atoms with Crippen LogP contribution in [0.3, 0.4) is 0 Å². The summed E-state index contributed by atoms with van der Waals surface area (Å²) in [6.45, 7) is 2.36. The van der Waals surface area contributed by atoms with Crippen LogP contribution in [0.5, 0.6) is 0 Å². The number of aromatic nitrogens is 2. The lowest BCUT2D eigenvalue weighted by molar-refractivity contribution is 0.0904. The molecular weight excluding hydrogens is 349 g/mol. The number of methoxy groups -OCH3 is 1. The van der Waals surface area contributed by atoms with E-state index in [0.717, 1.165) is 24.2 Å². The zero-order valence-corrected chi connectivity index (χ0v) is 15.1. The Kier molecular flexibility index (Phi) is 5.13. The fraction of sp³-hybridized carbons (Fsp3) is 0.412. The van der Waals surface area contributed by atoms with Crippen molar-refractivity contribution in [3.63, 3.8) is 0 Å². The third-order valence-corrected chi connectivity index (χ3v) is 4.49. The second-order valence-corrected chi connectivity index (χ2v) is 6.90. The SMILES string of the molecule is COCC(C)NC(=O)c1cnn(-c2ccc(Cl)cc2Cl)c1C1CC1. The highest BCUT2D eigenvalue weighted by Crippen LogP contribution is 2.43. The lowest BCUT2D eigenvalue weighted by Gasteiger charge is -2.14. The van der Waals surface area contributed by atoms with E-state index >= 15 is 0 Å². The van der Waals surface area contributed by atoms with Crippen molar-refractivity contribution in [3.05, 3.63) is 45.7 Å². The van der Waals surface area contributed by atoms with Gasteiger partial charge >= 0.3 is 0 Å². The quantitative estimate of drug-likeness (QED) is 0.843. The van der Waals surface area contributed by atoms with E-state index < -0.39 is 0 Å². The number of amides is 1. The third kappa shape index (κ3) is 3.58. The molecule has 5 nitrogen and oxygen atoms in total. The predicted molar refractivity (Wildman–Crippen MR) is 94.4 cm³/mol. The van der Waals surface area contributed by atoms with E-state index in [0.29, 0.717) is 28.1 Å². The monoisotopic (exact) mass is 367 g/mol. The summed E-state index contributed by atoms with van der Waals surface area (Å²) in [5.74, 6) is 0.190. The number of nitrogens with zero attached hydrogens (tertiary/aromatic N) is 2. The molecule has 1 aromatic carbocycles. The van der Waals surface area contributed by atoms with Gasteiger partial charge in [-0.05, 0) is 38.0 Å². The summed E-state index contributed by atoms with van der Waals surface area (Å²) in [5.41, 5.74) is 2.22. The van der Waals surface area contributed by atoms with Gasteiger partial charge in [0.2, 0.25) is 0 Å². The molecule has 0 spiro atoms. The van der Waals surface area contributed by atoms with Gasteiger partial charge in [-0.3, -0.25) is 4.79 Å². The number of carbonyl (C=O) groups is 1. The molecule has 1 amide bonds. The number of benzene rings is 1. The predicted octanol–water partition coefficient (Wildman–Crippen LogP) is 3.82. The maximum atomic E-state index is 12.6. The maximum Gasteiger partial charge on any atom is 0.255 e. The molecule has 24 heavy (non-hydrogen) atoms. The van der Waals surface area contributed by atoms with Gasteiger partial charge in [-0.1, -0.05) is 23.2 Å². The highest BCUT2D eigenvalue weighted by molar-refractivity contribution is 6.35. The number of halogens is 2. The van der Waals surface area contributed by atoms with Gasteiger partial charge in [-0.15, -0.1) is 0 Å². The zero-order valence-electron chi connectivity index (χ0n) is 13.6. The Hall–Kier alpha value is -1.56. The van der Waals surface area contributed by atoms with Crippen LogP contribution in [-0.4, -0.2) is 35.4 Å². The molecule has 0 bridgehead atoms. The Bertz CT molecular complexity index is 756. The van der Waals surface area contributed by atoms with E-state index in [9.17, 15) is 4.79 Å². The third-order valence-electron chi connectivity index (χ3n) is 3.95. The molecule has 1 atom stereocenters. The number of hydrogen-bond donors (Lipinski definition) is 1. The summed E-state index contributed by atoms with van der Waals surface area (Å²) in [5, 5.41) is 8.42. The standard InChI is InChI=1S/C17H19Cl2N3O2/c1-10(9-24-2)21-17(23)13-8-20-22(16(13)11-3-4-11)15-6-5-12(18)7-14(15)19/h5-8,10-11H,3-4,9H2,1-2H3,(H,21,23). The summed E-state index contributed by atoms with van der Waals surface area (Å²) in [4.78, 5) is 12.6. The van der Waals surface area contributed by atoms with Gasteiger partial charge < -0.3 is 10.1 Å². The number of nitrogens with one attached hydrogen (secondary N) is 1.